The Morgan fingerprint density at radius 1 is 1.28 bits per heavy atom. The van der Waals surface area contributed by atoms with Crippen LogP contribution in [0.4, 0.5) is 0 Å². The molecule has 0 saturated heterocycles. The van der Waals surface area contributed by atoms with Crippen LogP contribution in [-0.4, -0.2) is 35.8 Å². The average molecular weight is 266 g/mol. The largest absolute Gasteiger partial charge is 0.328 e. The van der Waals surface area contributed by atoms with E-state index in [0.29, 0.717) is 13.1 Å². The summed E-state index contributed by atoms with van der Waals surface area (Å²) in [4.78, 5) is 8.44. The lowest BCUT2D eigenvalue weighted by molar-refractivity contribution is 0.579. The van der Waals surface area contributed by atoms with Gasteiger partial charge in [0.15, 0.2) is 5.82 Å². The fraction of sp³-hybridized carbons (Fsp3) is 0.273. The van der Waals surface area contributed by atoms with Crippen molar-refractivity contribution in [3.05, 3.63) is 36.8 Å². The number of hydrogen-bond donors (Lipinski definition) is 1. The van der Waals surface area contributed by atoms with Gasteiger partial charge in [0.25, 0.3) is 0 Å². The summed E-state index contributed by atoms with van der Waals surface area (Å²) in [7, 11) is -3.15. The minimum absolute atomic E-state index is 0.328. The third-order valence-corrected chi connectivity index (χ3v) is 3.05. The third-order valence-electron chi connectivity index (χ3n) is 2.33. The van der Waals surface area contributed by atoms with Crippen LogP contribution in [-0.2, 0) is 16.6 Å². The summed E-state index contributed by atoms with van der Waals surface area (Å²) in [6.07, 6.45) is 6.31. The first-order chi connectivity index (χ1) is 8.56. The molecule has 0 aromatic carbocycles. The van der Waals surface area contributed by atoms with Crippen molar-refractivity contribution in [2.75, 3.05) is 12.8 Å². The van der Waals surface area contributed by atoms with Gasteiger partial charge in [-0.1, -0.05) is 6.07 Å². The predicted octanol–water partition coefficient (Wildman–Crippen LogP) is 0.494. The molecule has 7 heteroatoms. The normalized spacial score (nSPS) is 11.6. The molecule has 0 fully saturated rings. The van der Waals surface area contributed by atoms with Gasteiger partial charge in [0.05, 0.1) is 6.26 Å². The lowest BCUT2D eigenvalue weighted by Crippen LogP contribution is -2.26. The second-order valence-corrected chi connectivity index (χ2v) is 5.66. The van der Waals surface area contributed by atoms with Crippen LogP contribution in [0.3, 0.4) is 0 Å². The molecule has 0 aliphatic carbocycles. The Kier molecular flexibility index (Phi) is 3.73. The Morgan fingerprint density at radius 2 is 2.11 bits per heavy atom. The van der Waals surface area contributed by atoms with Gasteiger partial charge in [-0.05, 0) is 12.1 Å². The first-order valence-corrected chi connectivity index (χ1v) is 7.32. The Labute approximate surface area is 106 Å². The van der Waals surface area contributed by atoms with E-state index in [4.69, 9.17) is 0 Å². The molecule has 0 radical (unpaired) electrons. The molecule has 2 aromatic rings. The summed E-state index contributed by atoms with van der Waals surface area (Å²) in [6, 6.07) is 5.58. The zero-order valence-corrected chi connectivity index (χ0v) is 10.8. The predicted molar refractivity (Wildman–Crippen MR) is 68.3 cm³/mol. The van der Waals surface area contributed by atoms with Crippen LogP contribution in [0.25, 0.3) is 11.5 Å². The van der Waals surface area contributed by atoms with Crippen molar-refractivity contribution < 1.29 is 8.42 Å². The molecule has 2 rings (SSSR count). The van der Waals surface area contributed by atoms with E-state index >= 15 is 0 Å². The molecule has 2 aromatic heterocycles. The molecule has 18 heavy (non-hydrogen) atoms. The molecular formula is C11H14N4O2S. The standard InChI is InChI=1S/C11H14N4O2S/c1-18(16,17)14-7-9-15-8-6-13-11(15)10-4-2-3-5-12-10/h2-6,8,14H,7,9H2,1H3. The maximum atomic E-state index is 11.0. The number of rotatable bonds is 5. The lowest BCUT2D eigenvalue weighted by Gasteiger charge is -2.07. The van der Waals surface area contributed by atoms with Gasteiger partial charge in [-0.3, -0.25) is 4.98 Å². The highest BCUT2D eigenvalue weighted by Crippen LogP contribution is 2.13. The number of sulfonamides is 1. The zero-order valence-electron chi connectivity index (χ0n) is 9.94. The van der Waals surface area contributed by atoms with E-state index in [2.05, 4.69) is 14.7 Å². The summed E-state index contributed by atoms with van der Waals surface area (Å²) in [5.41, 5.74) is 0.766. The van der Waals surface area contributed by atoms with E-state index in [0.717, 1.165) is 17.8 Å². The monoisotopic (exact) mass is 266 g/mol. The number of nitrogens with one attached hydrogen (secondary N) is 1. The van der Waals surface area contributed by atoms with Gasteiger partial charge in [0.2, 0.25) is 10.0 Å². The maximum Gasteiger partial charge on any atom is 0.208 e. The molecule has 96 valence electrons. The van der Waals surface area contributed by atoms with E-state index in [-0.39, 0.29) is 0 Å². The highest BCUT2D eigenvalue weighted by atomic mass is 32.2. The Bertz CT molecular complexity index is 607. The van der Waals surface area contributed by atoms with E-state index in [1.165, 1.54) is 0 Å². The van der Waals surface area contributed by atoms with E-state index in [1.807, 2.05) is 22.8 Å². The topological polar surface area (TPSA) is 76.9 Å². The third kappa shape index (κ3) is 3.38. The van der Waals surface area contributed by atoms with Gasteiger partial charge in [-0.25, -0.2) is 18.1 Å². The number of hydrogen-bond acceptors (Lipinski definition) is 4. The van der Waals surface area contributed by atoms with Gasteiger partial charge in [0.1, 0.15) is 5.69 Å². The van der Waals surface area contributed by atoms with Gasteiger partial charge in [-0.2, -0.15) is 0 Å². The molecule has 0 aliphatic rings. The van der Waals surface area contributed by atoms with E-state index < -0.39 is 10.0 Å². The first kappa shape index (κ1) is 12.7. The van der Waals surface area contributed by atoms with Crippen LogP contribution in [0.1, 0.15) is 0 Å². The molecule has 6 nitrogen and oxygen atoms in total. The van der Waals surface area contributed by atoms with Crippen molar-refractivity contribution in [1.82, 2.24) is 19.3 Å². The molecule has 0 aliphatic heterocycles. The molecule has 0 amide bonds. The summed E-state index contributed by atoms with van der Waals surface area (Å²) < 4.78 is 26.2. The van der Waals surface area contributed by atoms with Crippen LogP contribution in [0, 0.1) is 0 Å². The molecule has 0 bridgehead atoms. The van der Waals surface area contributed by atoms with Crippen LogP contribution in [0.5, 0.6) is 0 Å². The van der Waals surface area contributed by atoms with Crippen LogP contribution < -0.4 is 4.72 Å². The van der Waals surface area contributed by atoms with Crippen molar-refractivity contribution >= 4 is 10.0 Å². The Balaban J connectivity index is 2.09. The second-order valence-electron chi connectivity index (χ2n) is 3.83. The Hall–Kier alpha value is -1.73. The van der Waals surface area contributed by atoms with E-state index in [1.54, 1.807) is 18.6 Å². The van der Waals surface area contributed by atoms with Crippen LogP contribution in [0.15, 0.2) is 36.8 Å². The molecule has 0 spiro atoms. The van der Waals surface area contributed by atoms with Crippen molar-refractivity contribution in [1.29, 1.82) is 0 Å². The maximum absolute atomic E-state index is 11.0. The molecule has 0 atom stereocenters. The minimum atomic E-state index is -3.15. The number of nitrogens with zero attached hydrogens (tertiary/aromatic N) is 3. The van der Waals surface area contributed by atoms with Gasteiger partial charge in [-0.15, -0.1) is 0 Å². The lowest BCUT2D eigenvalue weighted by atomic mass is 10.3. The van der Waals surface area contributed by atoms with Crippen molar-refractivity contribution in [2.24, 2.45) is 0 Å². The average Bonchev–Trinajstić information content (AvgIpc) is 2.77. The number of pyridine rings is 1. The van der Waals surface area contributed by atoms with Crippen LogP contribution in [0.2, 0.25) is 0 Å². The summed E-state index contributed by atoms with van der Waals surface area (Å²) >= 11 is 0. The fourth-order valence-electron chi connectivity index (χ4n) is 1.57. The molecule has 1 N–H and O–H groups in total. The summed E-state index contributed by atoms with van der Waals surface area (Å²) in [5, 5.41) is 0. The van der Waals surface area contributed by atoms with Crippen molar-refractivity contribution in [3.8, 4) is 11.5 Å². The van der Waals surface area contributed by atoms with Gasteiger partial charge < -0.3 is 4.57 Å². The quantitative estimate of drug-likeness (QED) is 0.854. The first-order valence-electron chi connectivity index (χ1n) is 5.43. The van der Waals surface area contributed by atoms with Crippen molar-refractivity contribution in [3.63, 3.8) is 0 Å². The minimum Gasteiger partial charge on any atom is -0.328 e. The zero-order chi connectivity index (χ0) is 13.0. The molecule has 0 saturated carbocycles. The number of aromatic nitrogens is 3. The number of imidazole rings is 1. The molecular weight excluding hydrogens is 252 g/mol. The van der Waals surface area contributed by atoms with Gasteiger partial charge >= 0.3 is 0 Å². The highest BCUT2D eigenvalue weighted by Gasteiger charge is 2.07. The van der Waals surface area contributed by atoms with Crippen LogP contribution >= 0.6 is 0 Å². The van der Waals surface area contributed by atoms with E-state index in [9.17, 15) is 8.42 Å². The SMILES string of the molecule is CS(=O)(=O)NCCn1ccnc1-c1ccccn1. The fourth-order valence-corrected chi connectivity index (χ4v) is 2.03. The second kappa shape index (κ2) is 5.28. The summed E-state index contributed by atoms with van der Waals surface area (Å²) in [5.74, 6) is 0.728. The highest BCUT2D eigenvalue weighted by molar-refractivity contribution is 7.88. The van der Waals surface area contributed by atoms with Gasteiger partial charge in [0, 0.05) is 31.7 Å². The smallest absolute Gasteiger partial charge is 0.208 e. The molecule has 2 heterocycles. The summed E-state index contributed by atoms with van der Waals surface area (Å²) in [6.45, 7) is 0.841. The Morgan fingerprint density at radius 3 is 2.78 bits per heavy atom. The molecule has 0 unspecified atom stereocenters. The van der Waals surface area contributed by atoms with Crippen molar-refractivity contribution in [2.45, 2.75) is 6.54 Å².